The third-order valence-electron chi connectivity index (χ3n) is 2.83. The molecule has 1 aromatic rings. The molecule has 88 valence electrons. The van der Waals surface area contributed by atoms with E-state index >= 15 is 0 Å². The molecule has 1 nitrogen and oxygen atoms in total. The van der Waals surface area contributed by atoms with Crippen LogP contribution in [-0.4, -0.2) is 17.5 Å². The number of hydrogen-bond acceptors (Lipinski definition) is 2. The average Bonchev–Trinajstić information content (AvgIpc) is 2.27. The van der Waals surface area contributed by atoms with E-state index in [2.05, 4.69) is 5.32 Å². The van der Waals surface area contributed by atoms with Gasteiger partial charge in [-0.15, -0.1) is 0 Å². The molecule has 1 saturated heterocycles. The van der Waals surface area contributed by atoms with Crippen LogP contribution in [0.1, 0.15) is 18.4 Å². The predicted molar refractivity (Wildman–Crippen MR) is 75.2 cm³/mol. The number of nitrogens with one attached hydrogen (secondary N) is 1. The molecule has 0 unspecified atom stereocenters. The van der Waals surface area contributed by atoms with Crippen LogP contribution in [0.3, 0.4) is 0 Å². The maximum atomic E-state index is 6.19. The molecule has 1 N–H and O–H groups in total. The first-order valence-electron chi connectivity index (χ1n) is 5.47. The zero-order valence-electron chi connectivity index (χ0n) is 9.22. The molecule has 1 heterocycles. The molecule has 0 aliphatic carbocycles. The fraction of sp³-hybridized carbons (Fsp3) is 0.500. The minimum Gasteiger partial charge on any atom is -0.381 e. The lowest BCUT2D eigenvalue weighted by Crippen LogP contribution is -2.24. The molecule has 1 aliphatic rings. The second-order valence-electron chi connectivity index (χ2n) is 4.11. The molecule has 0 bridgehead atoms. The van der Waals surface area contributed by atoms with E-state index in [1.807, 2.05) is 30.8 Å². The maximum Gasteiger partial charge on any atom is 0.0641 e. The minimum absolute atomic E-state index is 0.539. The van der Waals surface area contributed by atoms with E-state index in [-0.39, 0.29) is 0 Å². The largest absolute Gasteiger partial charge is 0.381 e. The van der Waals surface area contributed by atoms with Gasteiger partial charge in [-0.05, 0) is 49.0 Å². The van der Waals surface area contributed by atoms with Crippen molar-refractivity contribution in [2.75, 3.05) is 16.8 Å². The van der Waals surface area contributed by atoms with Gasteiger partial charge >= 0.3 is 0 Å². The fourth-order valence-electron chi connectivity index (χ4n) is 1.82. The van der Waals surface area contributed by atoms with Crippen LogP contribution in [0.25, 0.3) is 0 Å². The van der Waals surface area contributed by atoms with Gasteiger partial charge in [0.1, 0.15) is 0 Å². The lowest BCUT2D eigenvalue weighted by atomic mass is 10.1. The average molecular weight is 276 g/mol. The lowest BCUT2D eigenvalue weighted by Gasteiger charge is -2.24. The highest BCUT2D eigenvalue weighted by molar-refractivity contribution is 7.99. The Balaban J connectivity index is 2.11. The number of halogens is 2. The van der Waals surface area contributed by atoms with Crippen LogP contribution in [0.5, 0.6) is 0 Å². The SMILES string of the molecule is Cc1cc(Cl)c(NC2CCSCC2)cc1Cl. The Bertz CT molecular complexity index is 376. The molecule has 0 spiro atoms. The molecule has 1 fully saturated rings. The second-order valence-corrected chi connectivity index (χ2v) is 6.15. The first-order chi connectivity index (χ1) is 7.66. The molecule has 1 aromatic carbocycles. The van der Waals surface area contributed by atoms with E-state index in [4.69, 9.17) is 23.2 Å². The van der Waals surface area contributed by atoms with E-state index in [1.165, 1.54) is 24.3 Å². The number of anilines is 1. The Kier molecular flexibility index (Phi) is 4.28. The zero-order chi connectivity index (χ0) is 11.5. The van der Waals surface area contributed by atoms with Crippen LogP contribution in [0.15, 0.2) is 12.1 Å². The van der Waals surface area contributed by atoms with Crippen LogP contribution in [0.4, 0.5) is 5.69 Å². The summed E-state index contributed by atoms with van der Waals surface area (Å²) in [6.45, 7) is 1.97. The number of aryl methyl sites for hydroxylation is 1. The maximum absolute atomic E-state index is 6.19. The first-order valence-corrected chi connectivity index (χ1v) is 7.38. The summed E-state index contributed by atoms with van der Waals surface area (Å²) in [5, 5.41) is 5.03. The highest BCUT2D eigenvalue weighted by Crippen LogP contribution is 2.31. The zero-order valence-corrected chi connectivity index (χ0v) is 11.6. The summed E-state index contributed by atoms with van der Waals surface area (Å²) in [4.78, 5) is 0. The third-order valence-corrected chi connectivity index (χ3v) is 4.60. The minimum atomic E-state index is 0.539. The van der Waals surface area contributed by atoms with E-state index < -0.39 is 0 Å². The Morgan fingerprint density at radius 2 is 1.88 bits per heavy atom. The van der Waals surface area contributed by atoms with E-state index in [1.54, 1.807) is 0 Å². The highest BCUT2D eigenvalue weighted by Gasteiger charge is 2.15. The summed E-state index contributed by atoms with van der Waals surface area (Å²) in [6, 6.07) is 4.39. The van der Waals surface area contributed by atoms with Gasteiger partial charge < -0.3 is 5.32 Å². The Hall–Kier alpha value is -0.0500. The summed E-state index contributed by atoms with van der Waals surface area (Å²) in [5.74, 6) is 2.46. The van der Waals surface area contributed by atoms with Crippen molar-refractivity contribution in [3.05, 3.63) is 27.7 Å². The smallest absolute Gasteiger partial charge is 0.0641 e. The molecule has 0 saturated carbocycles. The molecule has 2 rings (SSSR count). The van der Waals surface area contributed by atoms with Gasteiger partial charge in [-0.1, -0.05) is 23.2 Å². The van der Waals surface area contributed by atoms with Gasteiger partial charge in [-0.2, -0.15) is 11.8 Å². The number of thioether (sulfide) groups is 1. The van der Waals surface area contributed by atoms with E-state index in [0.29, 0.717) is 6.04 Å². The number of rotatable bonds is 2. The van der Waals surface area contributed by atoms with Gasteiger partial charge in [0.05, 0.1) is 10.7 Å². The Morgan fingerprint density at radius 1 is 1.19 bits per heavy atom. The van der Waals surface area contributed by atoms with Gasteiger partial charge in [-0.3, -0.25) is 0 Å². The third kappa shape index (κ3) is 2.99. The molecule has 1 aliphatic heterocycles. The van der Waals surface area contributed by atoms with Gasteiger partial charge in [0.2, 0.25) is 0 Å². The van der Waals surface area contributed by atoms with Crippen molar-refractivity contribution in [1.82, 2.24) is 0 Å². The van der Waals surface area contributed by atoms with E-state index in [9.17, 15) is 0 Å². The van der Waals surface area contributed by atoms with Crippen LogP contribution in [0, 0.1) is 6.92 Å². The van der Waals surface area contributed by atoms with Crippen LogP contribution >= 0.6 is 35.0 Å². The van der Waals surface area contributed by atoms with Gasteiger partial charge in [0.15, 0.2) is 0 Å². The van der Waals surface area contributed by atoms with Crippen molar-refractivity contribution in [1.29, 1.82) is 0 Å². The molecule has 0 amide bonds. The monoisotopic (exact) mass is 275 g/mol. The van der Waals surface area contributed by atoms with Gasteiger partial charge in [-0.25, -0.2) is 0 Å². The summed E-state index contributed by atoms with van der Waals surface area (Å²) in [7, 11) is 0. The van der Waals surface area contributed by atoms with Crippen LogP contribution in [-0.2, 0) is 0 Å². The summed E-state index contributed by atoms with van der Waals surface area (Å²) < 4.78 is 0. The fourth-order valence-corrected chi connectivity index (χ4v) is 3.36. The number of benzene rings is 1. The molecule has 0 atom stereocenters. The van der Waals surface area contributed by atoms with Crippen molar-refractivity contribution < 1.29 is 0 Å². The molecule has 0 aromatic heterocycles. The molecular formula is C12H15Cl2NS. The van der Waals surface area contributed by atoms with Gasteiger partial charge in [0.25, 0.3) is 0 Å². The Labute approximate surface area is 111 Å². The molecule has 4 heteroatoms. The molecular weight excluding hydrogens is 261 g/mol. The second kappa shape index (κ2) is 5.52. The van der Waals surface area contributed by atoms with E-state index in [0.717, 1.165) is 21.3 Å². The molecule has 0 radical (unpaired) electrons. The lowest BCUT2D eigenvalue weighted by molar-refractivity contribution is 0.667. The predicted octanol–water partition coefficient (Wildman–Crippen LogP) is 4.61. The van der Waals surface area contributed by atoms with Crippen molar-refractivity contribution in [2.45, 2.75) is 25.8 Å². The van der Waals surface area contributed by atoms with Crippen molar-refractivity contribution in [3.8, 4) is 0 Å². The highest BCUT2D eigenvalue weighted by atomic mass is 35.5. The summed E-state index contributed by atoms with van der Waals surface area (Å²) in [5.41, 5.74) is 1.99. The van der Waals surface area contributed by atoms with Crippen LogP contribution < -0.4 is 5.32 Å². The summed E-state index contributed by atoms with van der Waals surface area (Å²) >= 11 is 14.3. The Morgan fingerprint density at radius 3 is 2.56 bits per heavy atom. The topological polar surface area (TPSA) is 12.0 Å². The normalized spacial score (nSPS) is 17.4. The van der Waals surface area contributed by atoms with Crippen molar-refractivity contribution >= 4 is 40.7 Å². The summed E-state index contributed by atoms with van der Waals surface area (Å²) in [6.07, 6.45) is 2.40. The first kappa shape index (κ1) is 12.4. The van der Waals surface area contributed by atoms with Crippen LogP contribution in [0.2, 0.25) is 10.0 Å². The van der Waals surface area contributed by atoms with Crippen molar-refractivity contribution in [3.63, 3.8) is 0 Å². The standard InChI is InChI=1S/C12H15Cl2NS/c1-8-6-11(14)12(7-10(8)13)15-9-2-4-16-5-3-9/h6-7,9,15H,2-5H2,1H3. The van der Waals surface area contributed by atoms with Gasteiger partial charge in [0, 0.05) is 11.1 Å². The number of hydrogen-bond donors (Lipinski definition) is 1. The van der Waals surface area contributed by atoms with Crippen molar-refractivity contribution in [2.24, 2.45) is 0 Å². The molecule has 16 heavy (non-hydrogen) atoms. The quantitative estimate of drug-likeness (QED) is 0.846.